The van der Waals surface area contributed by atoms with Crippen molar-refractivity contribution in [3.8, 4) is 22.5 Å². The lowest BCUT2D eigenvalue weighted by atomic mass is 10.0. The fourth-order valence-corrected chi connectivity index (χ4v) is 2.86. The van der Waals surface area contributed by atoms with Crippen LogP contribution in [0.15, 0.2) is 66.7 Å². The number of carbonyl (C=O) groups excluding carboxylic acids is 1. The number of H-pyrrole nitrogens is 1. The van der Waals surface area contributed by atoms with Gasteiger partial charge in [-0.25, -0.2) is 4.98 Å². The monoisotopic (exact) mass is 328 g/mol. The first-order valence-electron chi connectivity index (χ1n) is 7.87. The van der Waals surface area contributed by atoms with Crippen LogP contribution in [-0.4, -0.2) is 15.9 Å². The molecule has 1 aromatic heterocycles. The normalized spacial score (nSPS) is 10.9. The van der Waals surface area contributed by atoms with Crippen LogP contribution in [-0.2, 0) is 0 Å². The molecule has 5 N–H and O–H groups in total. The van der Waals surface area contributed by atoms with E-state index in [1.54, 1.807) is 12.1 Å². The van der Waals surface area contributed by atoms with E-state index in [4.69, 9.17) is 11.5 Å². The molecule has 0 saturated heterocycles. The molecule has 0 atom stereocenters. The number of nitrogens with two attached hydrogens (primary N) is 2. The largest absolute Gasteiger partial charge is 0.399 e. The van der Waals surface area contributed by atoms with Crippen LogP contribution in [0.25, 0.3) is 33.5 Å². The lowest BCUT2D eigenvalue weighted by molar-refractivity contribution is 0.100. The van der Waals surface area contributed by atoms with E-state index in [-0.39, 0.29) is 0 Å². The van der Waals surface area contributed by atoms with Gasteiger partial charge in [-0.1, -0.05) is 42.5 Å². The van der Waals surface area contributed by atoms with Crippen molar-refractivity contribution in [1.82, 2.24) is 9.97 Å². The standard InChI is InChI=1S/C20H16N4O/c21-15-10-8-13(9-11-15)12-4-6-14(7-5-12)20-23-17-3-1-2-16(19(22)25)18(17)24-20/h1-11H,21H2,(H2,22,25)(H,23,24). The molecule has 5 heteroatoms. The van der Waals surface area contributed by atoms with Crippen molar-refractivity contribution in [2.75, 3.05) is 5.73 Å². The van der Waals surface area contributed by atoms with Crippen LogP contribution in [0.3, 0.4) is 0 Å². The molecular formula is C20H16N4O. The molecule has 0 aliphatic rings. The number of aromatic nitrogens is 2. The quantitative estimate of drug-likeness (QED) is 0.501. The molecule has 0 bridgehead atoms. The molecule has 0 aliphatic heterocycles. The molecule has 0 unspecified atom stereocenters. The molecule has 25 heavy (non-hydrogen) atoms. The lowest BCUT2D eigenvalue weighted by Gasteiger charge is -2.03. The number of hydrogen-bond donors (Lipinski definition) is 3. The van der Waals surface area contributed by atoms with Crippen LogP contribution in [0.1, 0.15) is 10.4 Å². The Bertz CT molecular complexity index is 1060. The SMILES string of the molecule is NC(=O)c1cccc2[nH]c(-c3ccc(-c4ccc(N)cc4)cc3)nc12. The van der Waals surface area contributed by atoms with Gasteiger partial charge in [-0.3, -0.25) is 4.79 Å². The lowest BCUT2D eigenvalue weighted by Crippen LogP contribution is -2.11. The van der Waals surface area contributed by atoms with Gasteiger partial charge in [0.2, 0.25) is 0 Å². The van der Waals surface area contributed by atoms with Gasteiger partial charge in [0, 0.05) is 11.3 Å². The molecule has 0 saturated carbocycles. The zero-order chi connectivity index (χ0) is 17.4. The number of nitrogens with zero attached hydrogens (tertiary/aromatic N) is 1. The van der Waals surface area contributed by atoms with Crippen molar-refractivity contribution < 1.29 is 4.79 Å². The Kier molecular flexibility index (Phi) is 3.47. The Labute approximate surface area is 144 Å². The highest BCUT2D eigenvalue weighted by Crippen LogP contribution is 2.26. The Morgan fingerprint density at radius 1 is 0.840 bits per heavy atom. The van der Waals surface area contributed by atoms with Crippen LogP contribution in [0, 0.1) is 0 Å². The number of nitrogens with one attached hydrogen (secondary N) is 1. The van der Waals surface area contributed by atoms with E-state index < -0.39 is 5.91 Å². The zero-order valence-electron chi connectivity index (χ0n) is 13.4. The maximum absolute atomic E-state index is 11.5. The van der Waals surface area contributed by atoms with Gasteiger partial charge in [-0.05, 0) is 35.4 Å². The Balaban J connectivity index is 1.73. The Hall–Kier alpha value is -3.60. The summed E-state index contributed by atoms with van der Waals surface area (Å²) in [6.45, 7) is 0. The maximum Gasteiger partial charge on any atom is 0.250 e. The van der Waals surface area contributed by atoms with E-state index in [0.29, 0.717) is 16.9 Å². The molecule has 122 valence electrons. The van der Waals surface area contributed by atoms with Gasteiger partial charge >= 0.3 is 0 Å². The number of para-hydroxylation sites is 1. The summed E-state index contributed by atoms with van der Waals surface area (Å²) in [4.78, 5) is 19.3. The molecule has 4 rings (SSSR count). The van der Waals surface area contributed by atoms with Crippen molar-refractivity contribution in [1.29, 1.82) is 0 Å². The minimum absolute atomic E-state index is 0.415. The molecule has 3 aromatic carbocycles. The van der Waals surface area contributed by atoms with Crippen LogP contribution in [0.5, 0.6) is 0 Å². The summed E-state index contributed by atoms with van der Waals surface area (Å²) in [6, 6.07) is 21.1. The average molecular weight is 328 g/mol. The van der Waals surface area contributed by atoms with E-state index in [2.05, 4.69) is 9.97 Å². The molecule has 0 spiro atoms. The smallest absolute Gasteiger partial charge is 0.250 e. The predicted octanol–water partition coefficient (Wildman–Crippen LogP) is 3.58. The summed E-state index contributed by atoms with van der Waals surface area (Å²) in [7, 11) is 0. The Morgan fingerprint density at radius 3 is 2.08 bits per heavy atom. The first-order chi connectivity index (χ1) is 12.1. The second-order valence-electron chi connectivity index (χ2n) is 5.85. The van der Waals surface area contributed by atoms with Gasteiger partial charge in [0.25, 0.3) is 5.91 Å². The summed E-state index contributed by atoms with van der Waals surface area (Å²) < 4.78 is 0. The summed E-state index contributed by atoms with van der Waals surface area (Å²) in [5, 5.41) is 0. The van der Waals surface area contributed by atoms with Gasteiger partial charge in [-0.2, -0.15) is 0 Å². The van der Waals surface area contributed by atoms with Gasteiger partial charge in [0.05, 0.1) is 11.1 Å². The first-order valence-corrected chi connectivity index (χ1v) is 7.87. The molecular weight excluding hydrogens is 312 g/mol. The number of rotatable bonds is 3. The number of fused-ring (bicyclic) bond motifs is 1. The second kappa shape index (κ2) is 5.79. The van der Waals surface area contributed by atoms with Crippen molar-refractivity contribution >= 4 is 22.6 Å². The number of benzene rings is 3. The summed E-state index contributed by atoms with van der Waals surface area (Å²) in [5.41, 5.74) is 16.8. The average Bonchev–Trinajstić information content (AvgIpc) is 3.06. The van der Waals surface area contributed by atoms with Crippen molar-refractivity contribution in [3.05, 3.63) is 72.3 Å². The zero-order valence-corrected chi connectivity index (χ0v) is 13.4. The van der Waals surface area contributed by atoms with Crippen molar-refractivity contribution in [2.45, 2.75) is 0 Å². The molecule has 1 amide bonds. The highest BCUT2D eigenvalue weighted by molar-refractivity contribution is 6.04. The minimum Gasteiger partial charge on any atom is -0.399 e. The molecule has 5 nitrogen and oxygen atoms in total. The predicted molar refractivity (Wildman–Crippen MR) is 99.9 cm³/mol. The number of nitrogen functional groups attached to an aromatic ring is 1. The second-order valence-corrected chi connectivity index (χ2v) is 5.85. The number of imidazole rings is 1. The molecule has 0 radical (unpaired) electrons. The fourth-order valence-electron chi connectivity index (χ4n) is 2.86. The molecule has 0 fully saturated rings. The van der Waals surface area contributed by atoms with E-state index in [9.17, 15) is 4.79 Å². The third-order valence-corrected chi connectivity index (χ3v) is 4.18. The number of aromatic amines is 1. The highest BCUT2D eigenvalue weighted by atomic mass is 16.1. The summed E-state index contributed by atoms with van der Waals surface area (Å²) >= 11 is 0. The van der Waals surface area contributed by atoms with Gasteiger partial charge in [0.1, 0.15) is 11.3 Å². The number of anilines is 1. The van der Waals surface area contributed by atoms with Crippen LogP contribution < -0.4 is 11.5 Å². The maximum atomic E-state index is 11.5. The van der Waals surface area contributed by atoms with E-state index >= 15 is 0 Å². The van der Waals surface area contributed by atoms with Crippen molar-refractivity contribution in [2.24, 2.45) is 5.73 Å². The molecule has 0 aliphatic carbocycles. The minimum atomic E-state index is -0.484. The van der Waals surface area contributed by atoms with Crippen LogP contribution >= 0.6 is 0 Å². The highest BCUT2D eigenvalue weighted by Gasteiger charge is 2.12. The number of carbonyl (C=O) groups is 1. The van der Waals surface area contributed by atoms with Crippen molar-refractivity contribution in [3.63, 3.8) is 0 Å². The number of hydrogen-bond acceptors (Lipinski definition) is 3. The van der Waals surface area contributed by atoms with Crippen LogP contribution in [0.2, 0.25) is 0 Å². The summed E-state index contributed by atoms with van der Waals surface area (Å²) in [6.07, 6.45) is 0. The molecule has 4 aromatic rings. The third kappa shape index (κ3) is 2.72. The number of primary amides is 1. The van der Waals surface area contributed by atoms with Crippen LogP contribution in [0.4, 0.5) is 5.69 Å². The summed E-state index contributed by atoms with van der Waals surface area (Å²) in [5.74, 6) is 0.218. The van der Waals surface area contributed by atoms with E-state index in [1.807, 2.05) is 54.6 Å². The third-order valence-electron chi connectivity index (χ3n) is 4.18. The van der Waals surface area contributed by atoms with E-state index in [0.717, 1.165) is 27.9 Å². The topological polar surface area (TPSA) is 97.8 Å². The number of amides is 1. The Morgan fingerprint density at radius 2 is 1.44 bits per heavy atom. The van der Waals surface area contributed by atoms with Gasteiger partial charge in [-0.15, -0.1) is 0 Å². The van der Waals surface area contributed by atoms with Gasteiger partial charge in [0.15, 0.2) is 0 Å². The van der Waals surface area contributed by atoms with E-state index in [1.165, 1.54) is 0 Å². The molecule has 1 heterocycles. The fraction of sp³-hybridized carbons (Fsp3) is 0. The van der Waals surface area contributed by atoms with Gasteiger partial charge < -0.3 is 16.5 Å². The first kappa shape index (κ1) is 15.0.